The molecule has 1 aliphatic rings. The van der Waals surface area contributed by atoms with Crippen molar-refractivity contribution in [2.45, 2.75) is 46.1 Å². The van der Waals surface area contributed by atoms with Crippen LogP contribution < -0.4 is 0 Å². The van der Waals surface area contributed by atoms with Crippen LogP contribution in [0, 0.1) is 5.92 Å². The fourth-order valence-electron chi connectivity index (χ4n) is 1.38. The summed E-state index contributed by atoms with van der Waals surface area (Å²) in [4.78, 5) is 13.5. The van der Waals surface area contributed by atoms with Crippen molar-refractivity contribution in [1.29, 1.82) is 0 Å². The van der Waals surface area contributed by atoms with Crippen LogP contribution in [0.3, 0.4) is 0 Å². The Morgan fingerprint density at radius 2 is 2.08 bits per heavy atom. The van der Waals surface area contributed by atoms with Crippen LogP contribution in [-0.4, -0.2) is 23.4 Å². The minimum Gasteiger partial charge on any atom is -0.340 e. The van der Waals surface area contributed by atoms with Crippen LogP contribution in [0.2, 0.25) is 0 Å². The highest BCUT2D eigenvalue weighted by molar-refractivity contribution is 5.76. The Kier molecular flexibility index (Phi) is 3.12. The molecular weight excluding hydrogens is 150 g/mol. The Hall–Kier alpha value is -0.530. The van der Waals surface area contributed by atoms with Gasteiger partial charge in [0.05, 0.1) is 0 Å². The maximum atomic E-state index is 11.4. The first kappa shape index (κ1) is 9.56. The lowest BCUT2D eigenvalue weighted by atomic mass is 10.2. The van der Waals surface area contributed by atoms with Crippen molar-refractivity contribution >= 4 is 5.91 Å². The molecule has 0 aliphatic heterocycles. The molecule has 0 aromatic carbocycles. The van der Waals surface area contributed by atoms with Crippen LogP contribution in [-0.2, 0) is 4.79 Å². The lowest BCUT2D eigenvalue weighted by molar-refractivity contribution is -0.132. The van der Waals surface area contributed by atoms with Crippen molar-refractivity contribution in [3.8, 4) is 0 Å². The normalized spacial score (nSPS) is 16.7. The summed E-state index contributed by atoms with van der Waals surface area (Å²) < 4.78 is 0. The summed E-state index contributed by atoms with van der Waals surface area (Å²) in [5, 5.41) is 0. The number of hydrogen-bond acceptors (Lipinski definition) is 1. The predicted octanol–water partition coefficient (Wildman–Crippen LogP) is 2.04. The molecule has 12 heavy (non-hydrogen) atoms. The second kappa shape index (κ2) is 3.92. The number of amides is 1. The number of rotatable bonds is 4. The zero-order chi connectivity index (χ0) is 9.14. The van der Waals surface area contributed by atoms with Gasteiger partial charge < -0.3 is 4.90 Å². The summed E-state index contributed by atoms with van der Waals surface area (Å²) in [5.74, 6) is 1.11. The zero-order valence-electron chi connectivity index (χ0n) is 8.34. The first-order valence-electron chi connectivity index (χ1n) is 4.94. The van der Waals surface area contributed by atoms with Crippen LogP contribution in [0.15, 0.2) is 0 Å². The Balaban J connectivity index is 2.41. The molecule has 0 atom stereocenters. The van der Waals surface area contributed by atoms with Gasteiger partial charge in [-0.2, -0.15) is 0 Å². The highest BCUT2D eigenvalue weighted by atomic mass is 16.2. The van der Waals surface area contributed by atoms with Gasteiger partial charge in [-0.1, -0.05) is 6.92 Å². The second-order valence-electron chi connectivity index (χ2n) is 3.94. The molecule has 1 amide bonds. The van der Waals surface area contributed by atoms with Crippen molar-refractivity contribution in [2.75, 3.05) is 6.54 Å². The van der Waals surface area contributed by atoms with E-state index in [4.69, 9.17) is 0 Å². The third kappa shape index (κ3) is 2.50. The van der Waals surface area contributed by atoms with E-state index in [1.54, 1.807) is 0 Å². The molecule has 0 saturated heterocycles. The van der Waals surface area contributed by atoms with E-state index in [0.717, 1.165) is 12.5 Å². The van der Waals surface area contributed by atoms with Gasteiger partial charge in [0.1, 0.15) is 0 Å². The van der Waals surface area contributed by atoms with Gasteiger partial charge in [0.2, 0.25) is 5.91 Å². The van der Waals surface area contributed by atoms with Gasteiger partial charge in [0.15, 0.2) is 0 Å². The summed E-state index contributed by atoms with van der Waals surface area (Å²) >= 11 is 0. The van der Waals surface area contributed by atoms with E-state index in [0.29, 0.717) is 18.4 Å². The van der Waals surface area contributed by atoms with Gasteiger partial charge in [0.25, 0.3) is 0 Å². The molecule has 1 fully saturated rings. The van der Waals surface area contributed by atoms with Crippen LogP contribution in [0.1, 0.15) is 40.0 Å². The Morgan fingerprint density at radius 1 is 1.50 bits per heavy atom. The molecule has 0 aromatic heterocycles. The average molecular weight is 169 g/mol. The predicted molar refractivity (Wildman–Crippen MR) is 49.9 cm³/mol. The molecule has 2 nitrogen and oxygen atoms in total. The molecule has 1 saturated carbocycles. The molecular formula is C10H19NO. The Labute approximate surface area is 74.9 Å². The zero-order valence-corrected chi connectivity index (χ0v) is 8.34. The first-order valence-corrected chi connectivity index (χ1v) is 4.94. The molecule has 2 heteroatoms. The van der Waals surface area contributed by atoms with Gasteiger partial charge >= 0.3 is 0 Å². The van der Waals surface area contributed by atoms with Crippen molar-refractivity contribution in [2.24, 2.45) is 5.92 Å². The van der Waals surface area contributed by atoms with E-state index >= 15 is 0 Å². The van der Waals surface area contributed by atoms with E-state index in [2.05, 4.69) is 13.8 Å². The summed E-state index contributed by atoms with van der Waals surface area (Å²) in [5.41, 5.74) is 0. The van der Waals surface area contributed by atoms with E-state index in [1.807, 2.05) is 11.8 Å². The Morgan fingerprint density at radius 3 is 2.42 bits per heavy atom. The SMILES string of the molecule is CCC(=O)N(CC1CC1)C(C)C. The van der Waals surface area contributed by atoms with E-state index in [-0.39, 0.29) is 0 Å². The molecule has 1 aliphatic carbocycles. The van der Waals surface area contributed by atoms with E-state index < -0.39 is 0 Å². The molecule has 0 radical (unpaired) electrons. The quantitative estimate of drug-likeness (QED) is 0.630. The third-order valence-corrected chi connectivity index (χ3v) is 2.40. The highest BCUT2D eigenvalue weighted by Crippen LogP contribution is 2.30. The minimum atomic E-state index is 0.303. The lowest BCUT2D eigenvalue weighted by Crippen LogP contribution is -2.37. The average Bonchev–Trinajstić information content (AvgIpc) is 2.81. The van der Waals surface area contributed by atoms with Crippen LogP contribution in [0.5, 0.6) is 0 Å². The largest absolute Gasteiger partial charge is 0.340 e. The van der Waals surface area contributed by atoms with Crippen molar-refractivity contribution in [3.63, 3.8) is 0 Å². The number of hydrogen-bond donors (Lipinski definition) is 0. The molecule has 0 aromatic rings. The monoisotopic (exact) mass is 169 g/mol. The van der Waals surface area contributed by atoms with Gasteiger partial charge in [-0.25, -0.2) is 0 Å². The molecule has 0 bridgehead atoms. The Bertz CT molecular complexity index is 161. The van der Waals surface area contributed by atoms with Crippen molar-refractivity contribution in [3.05, 3.63) is 0 Å². The van der Waals surface area contributed by atoms with Gasteiger partial charge in [-0.15, -0.1) is 0 Å². The summed E-state index contributed by atoms with van der Waals surface area (Å²) in [6.45, 7) is 7.11. The number of carbonyl (C=O) groups is 1. The van der Waals surface area contributed by atoms with Crippen LogP contribution in [0.25, 0.3) is 0 Å². The second-order valence-corrected chi connectivity index (χ2v) is 3.94. The molecule has 0 N–H and O–H groups in total. The fourth-order valence-corrected chi connectivity index (χ4v) is 1.38. The van der Waals surface area contributed by atoms with Gasteiger partial charge in [-0.3, -0.25) is 4.79 Å². The number of carbonyl (C=O) groups excluding carboxylic acids is 1. The summed E-state index contributed by atoms with van der Waals surface area (Å²) in [6, 6.07) is 0.373. The minimum absolute atomic E-state index is 0.303. The highest BCUT2D eigenvalue weighted by Gasteiger charge is 2.27. The fraction of sp³-hybridized carbons (Fsp3) is 0.900. The summed E-state index contributed by atoms with van der Waals surface area (Å²) in [7, 11) is 0. The standard InChI is InChI=1S/C10H19NO/c1-4-10(12)11(8(2)3)7-9-5-6-9/h8-9H,4-7H2,1-3H3. The maximum absolute atomic E-state index is 11.4. The smallest absolute Gasteiger partial charge is 0.222 e. The lowest BCUT2D eigenvalue weighted by Gasteiger charge is -2.26. The molecule has 1 rings (SSSR count). The first-order chi connectivity index (χ1) is 5.65. The maximum Gasteiger partial charge on any atom is 0.222 e. The van der Waals surface area contributed by atoms with Gasteiger partial charge in [0, 0.05) is 19.0 Å². The van der Waals surface area contributed by atoms with Crippen LogP contribution in [0.4, 0.5) is 0 Å². The molecule has 70 valence electrons. The topological polar surface area (TPSA) is 20.3 Å². The van der Waals surface area contributed by atoms with E-state index in [1.165, 1.54) is 12.8 Å². The summed E-state index contributed by atoms with van der Waals surface area (Å²) in [6.07, 6.45) is 3.28. The number of nitrogens with zero attached hydrogens (tertiary/aromatic N) is 1. The third-order valence-electron chi connectivity index (χ3n) is 2.40. The van der Waals surface area contributed by atoms with Gasteiger partial charge in [-0.05, 0) is 32.6 Å². The van der Waals surface area contributed by atoms with Crippen molar-refractivity contribution in [1.82, 2.24) is 4.90 Å². The molecule has 0 unspecified atom stereocenters. The van der Waals surface area contributed by atoms with Crippen molar-refractivity contribution < 1.29 is 4.79 Å². The molecule has 0 heterocycles. The van der Waals surface area contributed by atoms with Crippen LogP contribution >= 0.6 is 0 Å². The molecule has 0 spiro atoms. The van der Waals surface area contributed by atoms with E-state index in [9.17, 15) is 4.79 Å².